The molecule has 0 radical (unpaired) electrons. The molecule has 0 bridgehead atoms. The van der Waals surface area contributed by atoms with Gasteiger partial charge in [-0.25, -0.2) is 4.79 Å². The number of nitrogens with one attached hydrogen (secondary N) is 1. The number of benzene rings is 2. The van der Waals surface area contributed by atoms with Gasteiger partial charge in [-0.2, -0.15) is 0 Å². The van der Waals surface area contributed by atoms with Gasteiger partial charge >= 0.3 is 5.97 Å². The van der Waals surface area contributed by atoms with Crippen molar-refractivity contribution in [3.8, 4) is 0 Å². The highest BCUT2D eigenvalue weighted by molar-refractivity contribution is 9.11. The minimum atomic E-state index is -0.718. The fraction of sp³-hybridized carbons (Fsp3) is 0.227. The minimum Gasteiger partial charge on any atom is -0.456 e. The average Bonchev–Trinajstić information content (AvgIpc) is 2.81. The molecule has 2 heterocycles. The summed E-state index contributed by atoms with van der Waals surface area (Å²) in [7, 11) is 0. The highest BCUT2D eigenvalue weighted by Crippen LogP contribution is 2.42. The molecule has 2 atom stereocenters. The molecule has 0 spiro atoms. The van der Waals surface area contributed by atoms with Crippen molar-refractivity contribution in [2.24, 2.45) is 0 Å². The Labute approximate surface area is 201 Å². The third kappa shape index (κ3) is 4.93. The standard InChI is InChI=1S/C22H18BrN3O6S/c23-16-12-33-21-18(24-17(27)10-13-4-2-1-3-5-13)20(28)25(21)19(16)22(29)32-11-14-6-8-15(9-7-14)26(30)31/h1-9,18,21H,10-12H2,(H,24,27)/t18-,21-/m1/s1. The van der Waals surface area contributed by atoms with Gasteiger partial charge in [0, 0.05) is 22.4 Å². The van der Waals surface area contributed by atoms with Gasteiger partial charge in [-0.1, -0.05) is 46.3 Å². The fourth-order valence-corrected chi connectivity index (χ4v) is 5.45. The number of hydrogen-bond acceptors (Lipinski definition) is 7. The number of non-ortho nitro benzene ring substituents is 1. The quantitative estimate of drug-likeness (QED) is 0.252. The Bertz CT molecular complexity index is 1140. The first-order valence-corrected chi connectivity index (χ1v) is 11.8. The van der Waals surface area contributed by atoms with E-state index in [9.17, 15) is 24.5 Å². The SMILES string of the molecule is O=C(Cc1ccccc1)N[C@@H]1C(=O)N2C(C(=O)OCc3ccc([N+](=O)[O-])cc3)=C(Br)CS[C@H]12. The molecule has 170 valence electrons. The lowest BCUT2D eigenvalue weighted by atomic mass is 10.0. The van der Waals surface area contributed by atoms with Gasteiger partial charge in [-0.15, -0.1) is 11.8 Å². The molecule has 2 aliphatic rings. The Morgan fingerprint density at radius 1 is 1.15 bits per heavy atom. The van der Waals surface area contributed by atoms with Crippen LogP contribution >= 0.6 is 27.7 Å². The van der Waals surface area contributed by atoms with E-state index >= 15 is 0 Å². The van der Waals surface area contributed by atoms with E-state index in [1.54, 1.807) is 0 Å². The van der Waals surface area contributed by atoms with E-state index in [2.05, 4.69) is 21.2 Å². The molecule has 0 saturated carbocycles. The van der Waals surface area contributed by atoms with Crippen LogP contribution in [-0.4, -0.2) is 44.8 Å². The van der Waals surface area contributed by atoms with Gasteiger partial charge < -0.3 is 10.1 Å². The first-order valence-electron chi connectivity index (χ1n) is 9.92. The molecule has 11 heteroatoms. The molecule has 4 rings (SSSR count). The van der Waals surface area contributed by atoms with E-state index in [1.165, 1.54) is 40.9 Å². The Kier molecular flexibility index (Phi) is 6.80. The summed E-state index contributed by atoms with van der Waals surface area (Å²) in [6.07, 6.45) is 0.158. The normalized spacial score (nSPS) is 19.4. The first-order chi connectivity index (χ1) is 15.8. The predicted molar refractivity (Wildman–Crippen MR) is 124 cm³/mol. The molecular weight excluding hydrogens is 514 g/mol. The van der Waals surface area contributed by atoms with Crippen LogP contribution < -0.4 is 5.32 Å². The molecule has 1 N–H and O–H groups in total. The number of ether oxygens (including phenoxy) is 1. The number of rotatable bonds is 7. The number of nitro benzene ring substituents is 1. The van der Waals surface area contributed by atoms with Crippen LogP contribution in [0.3, 0.4) is 0 Å². The van der Waals surface area contributed by atoms with Gasteiger partial charge in [-0.05, 0) is 23.3 Å². The van der Waals surface area contributed by atoms with Crippen molar-refractivity contribution in [1.29, 1.82) is 0 Å². The monoisotopic (exact) mass is 531 g/mol. The minimum absolute atomic E-state index is 0.0609. The smallest absolute Gasteiger partial charge is 0.356 e. The van der Waals surface area contributed by atoms with E-state index in [-0.39, 0.29) is 36.2 Å². The maximum Gasteiger partial charge on any atom is 0.356 e. The van der Waals surface area contributed by atoms with Crippen molar-refractivity contribution in [2.75, 3.05) is 5.75 Å². The van der Waals surface area contributed by atoms with Gasteiger partial charge in [0.05, 0.1) is 11.3 Å². The zero-order valence-electron chi connectivity index (χ0n) is 17.1. The van der Waals surface area contributed by atoms with Gasteiger partial charge in [-0.3, -0.25) is 24.6 Å². The number of esters is 1. The zero-order chi connectivity index (χ0) is 23.5. The lowest BCUT2D eigenvalue weighted by molar-refractivity contribution is -0.384. The van der Waals surface area contributed by atoms with Crippen LogP contribution in [0.1, 0.15) is 11.1 Å². The summed E-state index contributed by atoms with van der Waals surface area (Å²) in [6, 6.07) is 14.2. The molecule has 0 aliphatic carbocycles. The fourth-order valence-electron chi connectivity index (χ4n) is 3.51. The molecular formula is C22H18BrN3O6S. The van der Waals surface area contributed by atoms with Gasteiger partial charge in [0.1, 0.15) is 23.7 Å². The second-order valence-electron chi connectivity index (χ2n) is 7.37. The number of thioether (sulfide) groups is 1. The number of fused-ring (bicyclic) bond motifs is 1. The number of carbonyl (C=O) groups is 3. The van der Waals surface area contributed by atoms with Crippen LogP contribution in [0.2, 0.25) is 0 Å². The van der Waals surface area contributed by atoms with E-state index in [1.807, 2.05) is 30.3 Å². The second-order valence-corrected chi connectivity index (χ2v) is 9.43. The molecule has 9 nitrogen and oxygen atoms in total. The third-order valence-corrected chi connectivity index (χ3v) is 7.46. The number of hydrogen-bond donors (Lipinski definition) is 1. The lowest BCUT2D eigenvalue weighted by Crippen LogP contribution is -2.70. The van der Waals surface area contributed by atoms with Crippen LogP contribution in [0.4, 0.5) is 5.69 Å². The summed E-state index contributed by atoms with van der Waals surface area (Å²) in [6.45, 7) is -0.0995. The zero-order valence-corrected chi connectivity index (χ0v) is 19.5. The van der Waals surface area contributed by atoms with Crippen molar-refractivity contribution >= 4 is 51.2 Å². The third-order valence-electron chi connectivity index (χ3n) is 5.16. The van der Waals surface area contributed by atoms with Crippen LogP contribution in [0.5, 0.6) is 0 Å². The predicted octanol–water partition coefficient (Wildman–Crippen LogP) is 2.89. The maximum absolute atomic E-state index is 12.8. The molecule has 2 aliphatic heterocycles. The van der Waals surface area contributed by atoms with Crippen molar-refractivity contribution in [3.05, 3.63) is 86.0 Å². The lowest BCUT2D eigenvalue weighted by Gasteiger charge is -2.49. The molecule has 2 aromatic carbocycles. The van der Waals surface area contributed by atoms with E-state index in [4.69, 9.17) is 4.74 Å². The molecule has 1 saturated heterocycles. The van der Waals surface area contributed by atoms with Crippen LogP contribution in [0, 0.1) is 10.1 Å². The molecule has 0 aromatic heterocycles. The molecule has 33 heavy (non-hydrogen) atoms. The molecule has 2 amide bonds. The number of halogens is 1. The Balaban J connectivity index is 1.37. The summed E-state index contributed by atoms with van der Waals surface area (Å²) >= 11 is 4.79. The Hall–Kier alpha value is -3.18. The van der Waals surface area contributed by atoms with Crippen LogP contribution in [0.25, 0.3) is 0 Å². The first kappa shape index (κ1) is 23.0. The van der Waals surface area contributed by atoms with Gasteiger partial charge in [0.2, 0.25) is 5.91 Å². The summed E-state index contributed by atoms with van der Waals surface area (Å²) < 4.78 is 5.88. The number of nitro groups is 1. The van der Waals surface area contributed by atoms with E-state index in [0.717, 1.165) is 5.56 Å². The maximum atomic E-state index is 12.8. The molecule has 2 aromatic rings. The van der Waals surface area contributed by atoms with Crippen LogP contribution in [0.15, 0.2) is 64.8 Å². The summed E-state index contributed by atoms with van der Waals surface area (Å²) in [5.41, 5.74) is 1.47. The summed E-state index contributed by atoms with van der Waals surface area (Å²) in [5.74, 6) is -0.891. The number of nitrogens with zero attached hydrogens (tertiary/aromatic N) is 2. The summed E-state index contributed by atoms with van der Waals surface area (Å²) in [5, 5.41) is 13.1. The highest BCUT2D eigenvalue weighted by atomic mass is 79.9. The largest absolute Gasteiger partial charge is 0.456 e. The Morgan fingerprint density at radius 3 is 2.52 bits per heavy atom. The number of carbonyl (C=O) groups excluding carboxylic acids is 3. The highest BCUT2D eigenvalue weighted by Gasteiger charge is 2.54. The van der Waals surface area contributed by atoms with Crippen molar-refractivity contribution in [2.45, 2.75) is 24.4 Å². The van der Waals surface area contributed by atoms with Crippen molar-refractivity contribution in [1.82, 2.24) is 10.2 Å². The van der Waals surface area contributed by atoms with Crippen LogP contribution in [-0.2, 0) is 32.1 Å². The average molecular weight is 532 g/mol. The van der Waals surface area contributed by atoms with E-state index in [0.29, 0.717) is 15.8 Å². The second kappa shape index (κ2) is 9.75. The molecule has 1 fully saturated rings. The summed E-state index contributed by atoms with van der Waals surface area (Å²) in [4.78, 5) is 49.5. The van der Waals surface area contributed by atoms with E-state index < -0.39 is 22.3 Å². The molecule has 0 unspecified atom stereocenters. The topological polar surface area (TPSA) is 119 Å². The van der Waals surface area contributed by atoms with Crippen molar-refractivity contribution in [3.63, 3.8) is 0 Å². The van der Waals surface area contributed by atoms with Crippen molar-refractivity contribution < 1.29 is 24.0 Å². The Morgan fingerprint density at radius 2 is 1.85 bits per heavy atom. The number of amides is 2. The van der Waals surface area contributed by atoms with Gasteiger partial charge in [0.25, 0.3) is 11.6 Å². The number of β-lactam (4-membered cyclic amide) rings is 1. The van der Waals surface area contributed by atoms with Gasteiger partial charge in [0.15, 0.2) is 0 Å².